The maximum atomic E-state index is 12.7. The number of amides is 1. The lowest BCUT2D eigenvalue weighted by Gasteiger charge is -2.22. The maximum Gasteiger partial charge on any atom is 0.256 e. The Labute approximate surface area is 129 Å². The molecule has 1 saturated heterocycles. The third-order valence-electron chi connectivity index (χ3n) is 3.76. The fourth-order valence-electron chi connectivity index (χ4n) is 2.75. The summed E-state index contributed by atoms with van der Waals surface area (Å²) < 4.78 is 10.6. The molecule has 0 aliphatic carbocycles. The minimum absolute atomic E-state index is 0.0351. The van der Waals surface area contributed by atoms with E-state index < -0.39 is 0 Å². The molecule has 1 aliphatic rings. The Morgan fingerprint density at radius 2 is 2.36 bits per heavy atom. The van der Waals surface area contributed by atoms with Crippen LogP contribution in [0.2, 0.25) is 0 Å². The molecule has 1 aliphatic heterocycles. The monoisotopic (exact) mass is 301 g/mol. The van der Waals surface area contributed by atoms with Gasteiger partial charge < -0.3 is 14.2 Å². The summed E-state index contributed by atoms with van der Waals surface area (Å²) in [4.78, 5) is 18.7. The minimum atomic E-state index is -0.0414. The van der Waals surface area contributed by atoms with Crippen LogP contribution in [0.5, 0.6) is 5.88 Å². The third-order valence-corrected chi connectivity index (χ3v) is 3.76. The number of rotatable bonds is 4. The molecule has 0 spiro atoms. The second-order valence-electron chi connectivity index (χ2n) is 5.35. The lowest BCUT2D eigenvalue weighted by Crippen LogP contribution is -2.30. The second-order valence-corrected chi connectivity index (χ2v) is 5.35. The molecule has 6 nitrogen and oxygen atoms in total. The van der Waals surface area contributed by atoms with Crippen LogP contribution in [-0.4, -0.2) is 34.1 Å². The molecule has 22 heavy (non-hydrogen) atoms. The SMILES string of the molecule is CCOc1ccc(C(=O)N2CCC[C@H]2c2cc(C)no2)cn1. The van der Waals surface area contributed by atoms with Gasteiger partial charge in [0.1, 0.15) is 0 Å². The van der Waals surface area contributed by atoms with Gasteiger partial charge in [-0.1, -0.05) is 5.16 Å². The lowest BCUT2D eigenvalue weighted by atomic mass is 10.1. The zero-order valence-corrected chi connectivity index (χ0v) is 12.8. The van der Waals surface area contributed by atoms with E-state index in [0.29, 0.717) is 18.1 Å². The number of hydrogen-bond donors (Lipinski definition) is 0. The van der Waals surface area contributed by atoms with Crippen molar-refractivity contribution in [2.75, 3.05) is 13.2 Å². The van der Waals surface area contributed by atoms with E-state index in [0.717, 1.165) is 30.8 Å². The van der Waals surface area contributed by atoms with E-state index in [9.17, 15) is 4.79 Å². The normalized spacial score (nSPS) is 17.7. The minimum Gasteiger partial charge on any atom is -0.478 e. The van der Waals surface area contributed by atoms with Gasteiger partial charge in [-0.15, -0.1) is 0 Å². The van der Waals surface area contributed by atoms with E-state index in [4.69, 9.17) is 9.26 Å². The summed E-state index contributed by atoms with van der Waals surface area (Å²) in [5.74, 6) is 1.25. The Hall–Kier alpha value is -2.37. The first-order valence-corrected chi connectivity index (χ1v) is 7.52. The van der Waals surface area contributed by atoms with Crippen molar-refractivity contribution in [1.29, 1.82) is 0 Å². The zero-order valence-electron chi connectivity index (χ0n) is 12.8. The highest BCUT2D eigenvalue weighted by molar-refractivity contribution is 5.94. The molecule has 0 radical (unpaired) electrons. The summed E-state index contributed by atoms with van der Waals surface area (Å²) in [7, 11) is 0. The van der Waals surface area contributed by atoms with Gasteiger partial charge in [0, 0.05) is 24.9 Å². The van der Waals surface area contributed by atoms with Gasteiger partial charge in [-0.25, -0.2) is 4.98 Å². The first-order valence-electron chi connectivity index (χ1n) is 7.52. The van der Waals surface area contributed by atoms with Crippen molar-refractivity contribution in [1.82, 2.24) is 15.0 Å². The van der Waals surface area contributed by atoms with Gasteiger partial charge in [0.2, 0.25) is 5.88 Å². The molecule has 116 valence electrons. The van der Waals surface area contributed by atoms with Gasteiger partial charge in [-0.05, 0) is 32.8 Å². The molecule has 1 atom stereocenters. The summed E-state index contributed by atoms with van der Waals surface area (Å²) >= 11 is 0. The predicted octanol–water partition coefficient (Wildman–Crippen LogP) is 2.75. The summed E-state index contributed by atoms with van der Waals surface area (Å²) in [6.45, 7) is 5.05. The molecule has 2 aromatic heterocycles. The zero-order chi connectivity index (χ0) is 15.5. The number of aryl methyl sites for hydroxylation is 1. The van der Waals surface area contributed by atoms with Gasteiger partial charge in [0.25, 0.3) is 5.91 Å². The summed E-state index contributed by atoms with van der Waals surface area (Å²) in [6, 6.07) is 5.33. The number of likely N-dealkylation sites (tertiary alicyclic amines) is 1. The first-order chi connectivity index (χ1) is 10.7. The number of aromatic nitrogens is 2. The van der Waals surface area contributed by atoms with Gasteiger partial charge in [-0.3, -0.25) is 4.79 Å². The number of carbonyl (C=O) groups excluding carboxylic acids is 1. The number of pyridine rings is 1. The van der Waals surface area contributed by atoms with Gasteiger partial charge in [-0.2, -0.15) is 0 Å². The van der Waals surface area contributed by atoms with Crippen LogP contribution in [-0.2, 0) is 0 Å². The van der Waals surface area contributed by atoms with Crippen LogP contribution in [0.25, 0.3) is 0 Å². The molecular formula is C16H19N3O3. The Kier molecular flexibility index (Phi) is 4.09. The van der Waals surface area contributed by atoms with E-state index in [1.54, 1.807) is 18.3 Å². The second kappa shape index (κ2) is 6.17. The average molecular weight is 301 g/mol. The van der Waals surface area contributed by atoms with Crippen LogP contribution in [0.1, 0.15) is 47.6 Å². The highest BCUT2D eigenvalue weighted by Crippen LogP contribution is 2.33. The Balaban J connectivity index is 1.78. The lowest BCUT2D eigenvalue weighted by molar-refractivity contribution is 0.0714. The van der Waals surface area contributed by atoms with Crippen LogP contribution >= 0.6 is 0 Å². The largest absolute Gasteiger partial charge is 0.478 e. The maximum absolute atomic E-state index is 12.7. The number of carbonyl (C=O) groups is 1. The Morgan fingerprint density at radius 3 is 3.00 bits per heavy atom. The molecule has 3 rings (SSSR count). The summed E-state index contributed by atoms with van der Waals surface area (Å²) in [5.41, 5.74) is 1.39. The van der Waals surface area contributed by atoms with Gasteiger partial charge >= 0.3 is 0 Å². The van der Waals surface area contributed by atoms with Crippen molar-refractivity contribution in [2.45, 2.75) is 32.7 Å². The first kappa shape index (κ1) is 14.6. The molecule has 2 aromatic rings. The number of hydrogen-bond acceptors (Lipinski definition) is 5. The molecule has 1 amide bonds. The van der Waals surface area contributed by atoms with E-state index >= 15 is 0 Å². The van der Waals surface area contributed by atoms with Crippen molar-refractivity contribution in [2.24, 2.45) is 0 Å². The standard InChI is InChI=1S/C16H19N3O3/c1-3-21-15-7-6-12(10-17-15)16(20)19-8-4-5-13(19)14-9-11(2)18-22-14/h6-7,9-10,13H,3-5,8H2,1-2H3/t13-/m0/s1. The Morgan fingerprint density at radius 1 is 1.50 bits per heavy atom. The van der Waals surface area contributed by atoms with Crippen LogP contribution in [0.15, 0.2) is 28.9 Å². The molecular weight excluding hydrogens is 282 g/mol. The van der Waals surface area contributed by atoms with E-state index in [1.807, 2.05) is 24.8 Å². The number of nitrogens with zero attached hydrogens (tertiary/aromatic N) is 3. The summed E-state index contributed by atoms with van der Waals surface area (Å²) in [5, 5.41) is 3.92. The molecule has 0 unspecified atom stereocenters. The molecule has 0 bridgehead atoms. The topological polar surface area (TPSA) is 68.5 Å². The van der Waals surface area contributed by atoms with Crippen LogP contribution in [0.4, 0.5) is 0 Å². The van der Waals surface area contributed by atoms with Gasteiger partial charge in [0.05, 0.1) is 23.9 Å². The highest BCUT2D eigenvalue weighted by Gasteiger charge is 2.33. The summed E-state index contributed by atoms with van der Waals surface area (Å²) in [6.07, 6.45) is 3.42. The third kappa shape index (κ3) is 2.81. The van der Waals surface area contributed by atoms with Crippen LogP contribution in [0, 0.1) is 6.92 Å². The highest BCUT2D eigenvalue weighted by atomic mass is 16.5. The van der Waals surface area contributed by atoms with E-state index in [1.165, 1.54) is 0 Å². The van der Waals surface area contributed by atoms with Crippen LogP contribution in [0.3, 0.4) is 0 Å². The molecule has 0 N–H and O–H groups in total. The van der Waals surface area contributed by atoms with Crippen molar-refractivity contribution in [3.8, 4) is 5.88 Å². The van der Waals surface area contributed by atoms with Crippen molar-refractivity contribution < 1.29 is 14.1 Å². The van der Waals surface area contributed by atoms with Crippen molar-refractivity contribution >= 4 is 5.91 Å². The fraction of sp³-hybridized carbons (Fsp3) is 0.438. The smallest absolute Gasteiger partial charge is 0.256 e. The fourth-order valence-corrected chi connectivity index (χ4v) is 2.75. The molecule has 3 heterocycles. The quantitative estimate of drug-likeness (QED) is 0.868. The molecule has 1 fully saturated rings. The molecule has 6 heteroatoms. The average Bonchev–Trinajstić information content (AvgIpc) is 3.16. The predicted molar refractivity (Wildman–Crippen MR) is 79.7 cm³/mol. The van der Waals surface area contributed by atoms with Crippen molar-refractivity contribution in [3.63, 3.8) is 0 Å². The van der Waals surface area contributed by atoms with Crippen LogP contribution < -0.4 is 4.74 Å². The number of ether oxygens (including phenoxy) is 1. The van der Waals surface area contributed by atoms with E-state index in [2.05, 4.69) is 10.1 Å². The van der Waals surface area contributed by atoms with Crippen molar-refractivity contribution in [3.05, 3.63) is 41.4 Å². The van der Waals surface area contributed by atoms with E-state index in [-0.39, 0.29) is 11.9 Å². The Bertz CT molecular complexity index is 651. The van der Waals surface area contributed by atoms with Gasteiger partial charge in [0.15, 0.2) is 5.76 Å². The molecule has 0 aromatic carbocycles. The molecule has 0 saturated carbocycles.